The maximum absolute atomic E-state index is 12.3. The van der Waals surface area contributed by atoms with Crippen LogP contribution >= 0.6 is 23.2 Å². The zero-order valence-electron chi connectivity index (χ0n) is 14.7. The summed E-state index contributed by atoms with van der Waals surface area (Å²) in [7, 11) is 1.83. The number of carbonyl (C=O) groups is 2. The average Bonchev–Trinajstić information content (AvgIpc) is 2.57. The molecule has 138 valence electrons. The van der Waals surface area contributed by atoms with E-state index in [4.69, 9.17) is 23.2 Å². The smallest absolute Gasteiger partial charge is 0.251 e. The maximum Gasteiger partial charge on any atom is 0.251 e. The van der Waals surface area contributed by atoms with Gasteiger partial charge in [-0.05, 0) is 49.9 Å². The van der Waals surface area contributed by atoms with E-state index in [-0.39, 0.29) is 18.4 Å². The van der Waals surface area contributed by atoms with Crippen LogP contribution in [0.5, 0.6) is 0 Å². The quantitative estimate of drug-likeness (QED) is 0.751. The van der Waals surface area contributed by atoms with Gasteiger partial charge in [0, 0.05) is 34.4 Å². The number of halogens is 2. The van der Waals surface area contributed by atoms with Crippen LogP contribution in [0.25, 0.3) is 0 Å². The predicted octanol–water partition coefficient (Wildman–Crippen LogP) is 3.81. The zero-order valence-corrected chi connectivity index (χ0v) is 16.2. The molecule has 0 spiro atoms. The van der Waals surface area contributed by atoms with E-state index in [1.54, 1.807) is 36.4 Å². The fourth-order valence-corrected chi connectivity index (χ4v) is 2.91. The number of anilines is 1. The zero-order chi connectivity index (χ0) is 19.1. The van der Waals surface area contributed by atoms with Gasteiger partial charge in [-0.2, -0.15) is 0 Å². The third-order valence-corrected chi connectivity index (χ3v) is 4.20. The lowest BCUT2D eigenvalue weighted by atomic mass is 10.2. The molecule has 0 unspecified atom stereocenters. The van der Waals surface area contributed by atoms with E-state index in [1.807, 2.05) is 24.9 Å². The summed E-state index contributed by atoms with van der Waals surface area (Å²) in [6.07, 6.45) is 0. The van der Waals surface area contributed by atoms with E-state index in [2.05, 4.69) is 10.6 Å². The minimum Gasteiger partial charge on any atom is -0.352 e. The van der Waals surface area contributed by atoms with Crippen LogP contribution in [0, 0.1) is 0 Å². The summed E-state index contributed by atoms with van der Waals surface area (Å²) in [6.45, 7) is 3.10. The van der Waals surface area contributed by atoms with Crippen LogP contribution in [0.4, 0.5) is 5.69 Å². The number of carbonyl (C=O) groups excluding carboxylic acids is 2. The minimum atomic E-state index is -0.175. The van der Waals surface area contributed by atoms with Crippen LogP contribution in [0.15, 0.2) is 42.5 Å². The second-order valence-corrected chi connectivity index (χ2v) is 6.74. The monoisotopic (exact) mass is 393 g/mol. The molecule has 5 nitrogen and oxygen atoms in total. The van der Waals surface area contributed by atoms with Crippen LogP contribution in [0.2, 0.25) is 10.0 Å². The summed E-state index contributed by atoms with van der Waals surface area (Å²) < 4.78 is 0. The highest BCUT2D eigenvalue weighted by molar-refractivity contribution is 6.35. The molecule has 0 fully saturated rings. The maximum atomic E-state index is 12.3. The van der Waals surface area contributed by atoms with Gasteiger partial charge >= 0.3 is 0 Å². The van der Waals surface area contributed by atoms with Crippen molar-refractivity contribution in [1.82, 2.24) is 10.2 Å². The fraction of sp³-hybridized carbons (Fsp3) is 0.263. The normalized spacial score (nSPS) is 10.7. The number of amides is 2. The van der Waals surface area contributed by atoms with Crippen molar-refractivity contribution < 1.29 is 9.59 Å². The molecule has 0 saturated heterocycles. The van der Waals surface area contributed by atoms with Crippen LogP contribution < -0.4 is 10.6 Å². The summed E-state index contributed by atoms with van der Waals surface area (Å²) in [4.78, 5) is 26.0. The van der Waals surface area contributed by atoms with Crippen molar-refractivity contribution in [2.24, 2.45) is 0 Å². The minimum absolute atomic E-state index is 0.168. The Kier molecular flexibility index (Phi) is 7.45. The van der Waals surface area contributed by atoms with Crippen molar-refractivity contribution in [3.63, 3.8) is 0 Å². The van der Waals surface area contributed by atoms with Crippen molar-refractivity contribution in [3.05, 3.63) is 63.6 Å². The Hall–Kier alpha value is -2.08. The Balaban J connectivity index is 1.93. The van der Waals surface area contributed by atoms with Gasteiger partial charge in [0.1, 0.15) is 0 Å². The molecule has 0 aliphatic heterocycles. The highest BCUT2D eigenvalue weighted by Gasteiger charge is 2.11. The topological polar surface area (TPSA) is 61.4 Å². The molecule has 0 radical (unpaired) electrons. The van der Waals surface area contributed by atoms with Crippen molar-refractivity contribution in [1.29, 1.82) is 0 Å². The first-order valence-corrected chi connectivity index (χ1v) is 8.95. The van der Waals surface area contributed by atoms with E-state index in [9.17, 15) is 9.59 Å². The third kappa shape index (κ3) is 6.02. The van der Waals surface area contributed by atoms with E-state index in [0.717, 1.165) is 5.56 Å². The van der Waals surface area contributed by atoms with E-state index >= 15 is 0 Å². The Morgan fingerprint density at radius 2 is 1.88 bits per heavy atom. The predicted molar refractivity (Wildman–Crippen MR) is 106 cm³/mol. The van der Waals surface area contributed by atoms with Crippen molar-refractivity contribution in [2.75, 3.05) is 25.5 Å². The molecular weight excluding hydrogens is 373 g/mol. The van der Waals surface area contributed by atoms with Crippen LogP contribution in [0.3, 0.4) is 0 Å². The number of hydrogen-bond acceptors (Lipinski definition) is 3. The summed E-state index contributed by atoms with van der Waals surface area (Å²) in [5.41, 5.74) is 1.98. The summed E-state index contributed by atoms with van der Waals surface area (Å²) in [5, 5.41) is 6.68. The van der Waals surface area contributed by atoms with Crippen LogP contribution in [-0.2, 0) is 11.3 Å². The molecule has 0 bridgehead atoms. The molecule has 2 amide bonds. The number of hydrogen-bond donors (Lipinski definition) is 2. The van der Waals surface area contributed by atoms with E-state index in [1.165, 1.54) is 0 Å². The second-order valence-electron chi connectivity index (χ2n) is 5.90. The Labute approximate surface area is 163 Å². The Bertz CT molecular complexity index is 796. The summed E-state index contributed by atoms with van der Waals surface area (Å²) in [6, 6.07) is 12.1. The highest BCUT2D eigenvalue weighted by Crippen LogP contribution is 2.22. The Morgan fingerprint density at radius 1 is 1.12 bits per heavy atom. The van der Waals surface area contributed by atoms with E-state index in [0.29, 0.717) is 34.4 Å². The molecule has 0 heterocycles. The van der Waals surface area contributed by atoms with Gasteiger partial charge in [0.15, 0.2) is 0 Å². The lowest BCUT2D eigenvalue weighted by Crippen LogP contribution is -2.30. The highest BCUT2D eigenvalue weighted by atomic mass is 35.5. The van der Waals surface area contributed by atoms with Crippen molar-refractivity contribution >= 4 is 40.7 Å². The molecule has 2 aromatic carbocycles. The molecule has 0 aliphatic rings. The largest absolute Gasteiger partial charge is 0.352 e. The average molecular weight is 394 g/mol. The van der Waals surface area contributed by atoms with Gasteiger partial charge in [-0.1, -0.05) is 35.3 Å². The van der Waals surface area contributed by atoms with Crippen LogP contribution in [-0.4, -0.2) is 36.9 Å². The standard InChI is InChI=1S/C19H21Cl2N3O2/c1-3-22-19(26)13-5-4-6-16(9-13)23-18(25)12-24(2)11-14-7-8-15(20)10-17(14)21/h4-10H,3,11-12H2,1-2H3,(H,22,26)(H,23,25). The number of likely N-dealkylation sites (N-methyl/N-ethyl adjacent to an activating group) is 1. The van der Waals surface area contributed by atoms with Gasteiger partial charge in [0.05, 0.1) is 6.54 Å². The Morgan fingerprint density at radius 3 is 2.58 bits per heavy atom. The third-order valence-electron chi connectivity index (χ3n) is 3.61. The van der Waals surface area contributed by atoms with Gasteiger partial charge in [-0.25, -0.2) is 0 Å². The lowest BCUT2D eigenvalue weighted by Gasteiger charge is -2.17. The number of nitrogens with one attached hydrogen (secondary N) is 2. The van der Waals surface area contributed by atoms with Crippen molar-refractivity contribution in [3.8, 4) is 0 Å². The van der Waals surface area contributed by atoms with Crippen molar-refractivity contribution in [2.45, 2.75) is 13.5 Å². The van der Waals surface area contributed by atoms with Gasteiger partial charge in [-0.15, -0.1) is 0 Å². The molecule has 0 atom stereocenters. The van der Waals surface area contributed by atoms with Crippen LogP contribution in [0.1, 0.15) is 22.8 Å². The molecular formula is C19H21Cl2N3O2. The molecule has 26 heavy (non-hydrogen) atoms. The first-order chi connectivity index (χ1) is 12.4. The van der Waals surface area contributed by atoms with Gasteiger partial charge < -0.3 is 10.6 Å². The van der Waals surface area contributed by atoms with Gasteiger partial charge in [-0.3, -0.25) is 14.5 Å². The first kappa shape index (κ1) is 20.2. The molecule has 0 aliphatic carbocycles. The molecule has 2 N–H and O–H groups in total. The molecule has 2 aromatic rings. The molecule has 7 heteroatoms. The SMILES string of the molecule is CCNC(=O)c1cccc(NC(=O)CN(C)Cc2ccc(Cl)cc2Cl)c1. The first-order valence-electron chi connectivity index (χ1n) is 8.19. The number of benzene rings is 2. The second kappa shape index (κ2) is 9.57. The number of rotatable bonds is 7. The number of nitrogens with zero attached hydrogens (tertiary/aromatic N) is 1. The van der Waals surface area contributed by atoms with Gasteiger partial charge in [0.2, 0.25) is 5.91 Å². The molecule has 2 rings (SSSR count). The van der Waals surface area contributed by atoms with E-state index < -0.39 is 0 Å². The summed E-state index contributed by atoms with van der Waals surface area (Å²) in [5.74, 6) is -0.344. The molecule has 0 saturated carbocycles. The fourth-order valence-electron chi connectivity index (χ4n) is 2.44. The van der Waals surface area contributed by atoms with Gasteiger partial charge in [0.25, 0.3) is 5.91 Å². The molecule has 0 aromatic heterocycles. The summed E-state index contributed by atoms with van der Waals surface area (Å²) >= 11 is 12.1. The lowest BCUT2D eigenvalue weighted by molar-refractivity contribution is -0.117.